The molecule has 1 aliphatic rings. The number of benzene rings is 2. The monoisotopic (exact) mass is 377 g/mol. The van der Waals surface area contributed by atoms with Gasteiger partial charge in [0.2, 0.25) is 0 Å². The van der Waals surface area contributed by atoms with Gasteiger partial charge in [-0.15, -0.1) is 0 Å². The molecule has 0 radical (unpaired) electrons. The van der Waals surface area contributed by atoms with Crippen LogP contribution in [-0.2, 0) is 4.74 Å². The maximum Gasteiger partial charge on any atom is 0.253 e. The standard InChI is InChI=1S/C23H27N3O2/c1-25(2)13-14-26(17-21-7-5-15-28-21)23(27)19-11-9-18(10-12-19)22-8-4-3-6-20(22)16-24/h3-4,6,8-12,21H,5,7,13-15,17H2,1-2H3. The molecule has 0 aliphatic carbocycles. The number of carbonyl (C=O) groups excluding carboxylic acids is 1. The third kappa shape index (κ3) is 4.98. The first-order chi connectivity index (χ1) is 13.6. The Bertz CT molecular complexity index is 834. The molecule has 2 aromatic rings. The molecule has 0 saturated carbocycles. The number of hydrogen-bond donors (Lipinski definition) is 0. The zero-order valence-electron chi connectivity index (χ0n) is 16.6. The number of rotatable bonds is 7. The van der Waals surface area contributed by atoms with Gasteiger partial charge in [-0.1, -0.05) is 30.3 Å². The zero-order chi connectivity index (χ0) is 19.9. The average Bonchev–Trinajstić information content (AvgIpc) is 3.23. The van der Waals surface area contributed by atoms with Crippen LogP contribution in [0.15, 0.2) is 48.5 Å². The highest BCUT2D eigenvalue weighted by Crippen LogP contribution is 2.24. The van der Waals surface area contributed by atoms with Crippen LogP contribution in [0.2, 0.25) is 0 Å². The minimum atomic E-state index is 0.0254. The van der Waals surface area contributed by atoms with Crippen molar-refractivity contribution < 1.29 is 9.53 Å². The summed E-state index contributed by atoms with van der Waals surface area (Å²) in [5, 5.41) is 9.31. The van der Waals surface area contributed by atoms with Crippen molar-refractivity contribution in [3.8, 4) is 17.2 Å². The van der Waals surface area contributed by atoms with Crippen molar-refractivity contribution in [2.75, 3.05) is 40.3 Å². The highest BCUT2D eigenvalue weighted by molar-refractivity contribution is 5.94. The largest absolute Gasteiger partial charge is 0.376 e. The van der Waals surface area contributed by atoms with Gasteiger partial charge in [0, 0.05) is 31.8 Å². The minimum Gasteiger partial charge on any atom is -0.376 e. The Balaban J connectivity index is 1.77. The van der Waals surface area contributed by atoms with Gasteiger partial charge in [-0.25, -0.2) is 0 Å². The van der Waals surface area contributed by atoms with Crippen LogP contribution in [0, 0.1) is 11.3 Å². The van der Waals surface area contributed by atoms with Crippen LogP contribution in [0.1, 0.15) is 28.8 Å². The molecule has 1 aliphatic heterocycles. The van der Waals surface area contributed by atoms with Gasteiger partial charge in [0.1, 0.15) is 0 Å². The second kappa shape index (κ2) is 9.50. The number of amides is 1. The molecule has 5 nitrogen and oxygen atoms in total. The van der Waals surface area contributed by atoms with E-state index in [2.05, 4.69) is 11.0 Å². The SMILES string of the molecule is CN(C)CCN(CC1CCCO1)C(=O)c1ccc(-c2ccccc2C#N)cc1. The fourth-order valence-corrected chi connectivity index (χ4v) is 3.44. The van der Waals surface area contributed by atoms with Crippen molar-refractivity contribution in [3.05, 3.63) is 59.7 Å². The van der Waals surface area contributed by atoms with Crippen LogP contribution in [0.25, 0.3) is 11.1 Å². The summed E-state index contributed by atoms with van der Waals surface area (Å²) in [6.45, 7) is 2.90. The molecule has 0 spiro atoms. The van der Waals surface area contributed by atoms with Crippen molar-refractivity contribution in [2.45, 2.75) is 18.9 Å². The molecule has 1 saturated heterocycles. The van der Waals surface area contributed by atoms with Gasteiger partial charge >= 0.3 is 0 Å². The summed E-state index contributed by atoms with van der Waals surface area (Å²) in [7, 11) is 4.02. The predicted molar refractivity (Wildman–Crippen MR) is 110 cm³/mol. The molecule has 1 atom stereocenters. The molecule has 1 amide bonds. The van der Waals surface area contributed by atoms with Gasteiger partial charge < -0.3 is 14.5 Å². The van der Waals surface area contributed by atoms with Crippen LogP contribution in [0.3, 0.4) is 0 Å². The molecule has 146 valence electrons. The first kappa shape index (κ1) is 20.1. The average molecular weight is 377 g/mol. The van der Waals surface area contributed by atoms with Crippen LogP contribution < -0.4 is 0 Å². The Morgan fingerprint density at radius 3 is 2.54 bits per heavy atom. The Morgan fingerprint density at radius 2 is 1.89 bits per heavy atom. The molecule has 0 aromatic heterocycles. The first-order valence-electron chi connectivity index (χ1n) is 9.73. The predicted octanol–water partition coefficient (Wildman–Crippen LogP) is 3.41. The maximum absolute atomic E-state index is 13.1. The molecular formula is C23H27N3O2. The maximum atomic E-state index is 13.1. The first-order valence-corrected chi connectivity index (χ1v) is 9.73. The number of likely N-dealkylation sites (N-methyl/N-ethyl adjacent to an activating group) is 1. The number of ether oxygens (including phenoxy) is 1. The van der Waals surface area contributed by atoms with Gasteiger partial charge in [0.15, 0.2) is 0 Å². The normalized spacial score (nSPS) is 16.1. The van der Waals surface area contributed by atoms with Crippen molar-refractivity contribution in [3.63, 3.8) is 0 Å². The zero-order valence-corrected chi connectivity index (χ0v) is 16.6. The Kier molecular flexibility index (Phi) is 6.80. The lowest BCUT2D eigenvalue weighted by Gasteiger charge is -2.27. The molecule has 1 fully saturated rings. The van der Waals surface area contributed by atoms with E-state index in [4.69, 9.17) is 4.74 Å². The van der Waals surface area contributed by atoms with Crippen LogP contribution in [0.5, 0.6) is 0 Å². The number of hydrogen-bond acceptors (Lipinski definition) is 4. The summed E-state index contributed by atoms with van der Waals surface area (Å²) < 4.78 is 5.74. The van der Waals surface area contributed by atoms with Crippen LogP contribution >= 0.6 is 0 Å². The van der Waals surface area contributed by atoms with Gasteiger partial charge in [0.25, 0.3) is 5.91 Å². The Hall–Kier alpha value is -2.68. The molecule has 1 unspecified atom stereocenters. The lowest BCUT2D eigenvalue weighted by molar-refractivity contribution is 0.0512. The summed E-state index contributed by atoms with van der Waals surface area (Å²) in [5.74, 6) is 0.0254. The topological polar surface area (TPSA) is 56.6 Å². The molecule has 0 N–H and O–H groups in total. The molecular weight excluding hydrogens is 350 g/mol. The smallest absolute Gasteiger partial charge is 0.253 e. The minimum absolute atomic E-state index is 0.0254. The summed E-state index contributed by atoms with van der Waals surface area (Å²) in [5.41, 5.74) is 3.11. The van der Waals surface area contributed by atoms with E-state index in [-0.39, 0.29) is 12.0 Å². The lowest BCUT2D eigenvalue weighted by Crippen LogP contribution is -2.41. The van der Waals surface area contributed by atoms with E-state index in [1.165, 1.54) is 0 Å². The van der Waals surface area contributed by atoms with Crippen LogP contribution in [-0.4, -0.2) is 62.1 Å². The Morgan fingerprint density at radius 1 is 1.14 bits per heavy atom. The van der Waals surface area contributed by atoms with E-state index in [1.54, 1.807) is 6.07 Å². The summed E-state index contributed by atoms with van der Waals surface area (Å²) in [4.78, 5) is 17.1. The van der Waals surface area contributed by atoms with E-state index in [1.807, 2.05) is 61.5 Å². The summed E-state index contributed by atoms with van der Waals surface area (Å²) >= 11 is 0. The second-order valence-electron chi connectivity index (χ2n) is 7.42. The van der Waals surface area contributed by atoms with Gasteiger partial charge in [0.05, 0.1) is 17.7 Å². The highest BCUT2D eigenvalue weighted by Gasteiger charge is 2.23. The number of nitrogens with zero attached hydrogens (tertiary/aromatic N) is 3. The molecule has 28 heavy (non-hydrogen) atoms. The molecule has 3 rings (SSSR count). The fraction of sp³-hybridized carbons (Fsp3) is 0.391. The lowest BCUT2D eigenvalue weighted by atomic mass is 9.99. The van der Waals surface area contributed by atoms with Crippen molar-refractivity contribution in [2.24, 2.45) is 0 Å². The number of nitriles is 1. The molecule has 2 aromatic carbocycles. The third-order valence-corrected chi connectivity index (χ3v) is 5.04. The Labute approximate surface area is 167 Å². The van der Waals surface area contributed by atoms with E-state index in [0.717, 1.165) is 37.1 Å². The molecule has 5 heteroatoms. The quantitative estimate of drug-likeness (QED) is 0.742. The van der Waals surface area contributed by atoms with Crippen molar-refractivity contribution in [1.29, 1.82) is 5.26 Å². The van der Waals surface area contributed by atoms with E-state index < -0.39 is 0 Å². The van der Waals surface area contributed by atoms with Crippen LogP contribution in [0.4, 0.5) is 0 Å². The number of carbonyl (C=O) groups is 1. The summed E-state index contributed by atoms with van der Waals surface area (Å²) in [6, 6.07) is 17.3. The van der Waals surface area contributed by atoms with E-state index in [9.17, 15) is 10.1 Å². The summed E-state index contributed by atoms with van der Waals surface area (Å²) in [6.07, 6.45) is 2.20. The van der Waals surface area contributed by atoms with Gasteiger partial charge in [-0.2, -0.15) is 5.26 Å². The third-order valence-electron chi connectivity index (χ3n) is 5.04. The van der Waals surface area contributed by atoms with Gasteiger partial charge in [-0.3, -0.25) is 4.79 Å². The molecule has 1 heterocycles. The van der Waals surface area contributed by atoms with E-state index in [0.29, 0.717) is 24.2 Å². The van der Waals surface area contributed by atoms with Gasteiger partial charge in [-0.05, 0) is 56.3 Å². The van der Waals surface area contributed by atoms with Crippen molar-refractivity contribution in [1.82, 2.24) is 9.80 Å². The fourth-order valence-electron chi connectivity index (χ4n) is 3.44. The van der Waals surface area contributed by atoms with Crippen molar-refractivity contribution >= 4 is 5.91 Å². The second-order valence-corrected chi connectivity index (χ2v) is 7.42. The molecule has 0 bridgehead atoms. The van der Waals surface area contributed by atoms with E-state index >= 15 is 0 Å². The highest BCUT2D eigenvalue weighted by atomic mass is 16.5.